The lowest BCUT2D eigenvalue weighted by molar-refractivity contribution is -0.274. The molecule has 0 bridgehead atoms. The zero-order valence-electron chi connectivity index (χ0n) is 15.7. The molecule has 0 aliphatic heterocycles. The van der Waals surface area contributed by atoms with Crippen molar-refractivity contribution >= 4 is 11.7 Å². The Morgan fingerprint density at radius 1 is 1.04 bits per heavy atom. The third-order valence-electron chi connectivity index (χ3n) is 5.30. The van der Waals surface area contributed by atoms with Crippen LogP contribution in [0.2, 0.25) is 0 Å². The number of aryl methyl sites for hydroxylation is 1. The van der Waals surface area contributed by atoms with Crippen LogP contribution in [0.3, 0.4) is 0 Å². The summed E-state index contributed by atoms with van der Waals surface area (Å²) in [7, 11) is 1.54. The summed E-state index contributed by atoms with van der Waals surface area (Å²) in [5, 5.41) is 17.2. The van der Waals surface area contributed by atoms with Gasteiger partial charge in [0, 0.05) is 7.05 Å². The molecule has 0 atom stereocenters. The Hall–Kier alpha value is -2.83. The molecule has 2 aromatic rings. The van der Waals surface area contributed by atoms with E-state index in [0.29, 0.717) is 0 Å². The topological polar surface area (TPSA) is 60.2 Å². The molecule has 7 heteroatoms. The van der Waals surface area contributed by atoms with Crippen molar-refractivity contribution in [2.45, 2.75) is 38.0 Å². The van der Waals surface area contributed by atoms with E-state index in [0.717, 1.165) is 30.4 Å². The van der Waals surface area contributed by atoms with Gasteiger partial charge in [0.05, 0.1) is 11.0 Å². The van der Waals surface area contributed by atoms with E-state index in [1.54, 1.807) is 13.1 Å². The molecule has 0 radical (unpaired) electrons. The first kappa shape index (κ1) is 19.9. The minimum atomic E-state index is -4.85. The number of amidine groups is 2. The summed E-state index contributed by atoms with van der Waals surface area (Å²) in [6, 6.07) is 13.5. The predicted molar refractivity (Wildman–Crippen MR) is 102 cm³/mol. The molecule has 3 rings (SSSR count). The zero-order chi connectivity index (χ0) is 20.5. The first-order chi connectivity index (χ1) is 13.1. The van der Waals surface area contributed by atoms with E-state index in [9.17, 15) is 13.2 Å². The Morgan fingerprint density at radius 2 is 1.64 bits per heavy atom. The molecule has 0 unspecified atom stereocenters. The highest BCUT2D eigenvalue weighted by Crippen LogP contribution is 2.45. The molecule has 1 aliphatic carbocycles. The second-order valence-corrected chi connectivity index (χ2v) is 7.10. The van der Waals surface area contributed by atoms with Gasteiger partial charge in [0.15, 0.2) is 0 Å². The molecule has 0 heterocycles. The molecule has 0 amide bonds. The van der Waals surface area contributed by atoms with Crippen LogP contribution < -0.4 is 4.74 Å². The zero-order valence-corrected chi connectivity index (χ0v) is 15.7. The minimum absolute atomic E-state index is 0.00884. The fraction of sp³-hybridized carbons (Fsp3) is 0.333. The number of nitrogens with zero attached hydrogens (tertiary/aromatic N) is 1. The second kappa shape index (κ2) is 7.30. The molecular formula is C21H22F3N3O. The molecular weight excluding hydrogens is 367 g/mol. The Morgan fingerprint density at radius 3 is 2.18 bits per heavy atom. The minimum Gasteiger partial charge on any atom is -0.405 e. The van der Waals surface area contributed by atoms with E-state index in [2.05, 4.69) is 4.74 Å². The molecule has 1 aliphatic rings. The van der Waals surface area contributed by atoms with Crippen LogP contribution in [-0.4, -0.2) is 30.0 Å². The molecule has 0 spiro atoms. The highest BCUT2D eigenvalue weighted by molar-refractivity contribution is 6.11. The first-order valence-electron chi connectivity index (χ1n) is 8.98. The maximum atomic E-state index is 12.7. The summed E-state index contributed by atoms with van der Waals surface area (Å²) >= 11 is 0. The van der Waals surface area contributed by atoms with E-state index < -0.39 is 17.5 Å². The number of para-hydroxylation sites is 1. The third-order valence-corrected chi connectivity index (χ3v) is 5.30. The van der Waals surface area contributed by atoms with Gasteiger partial charge in [0.25, 0.3) is 0 Å². The van der Waals surface area contributed by atoms with Crippen LogP contribution in [-0.2, 0) is 5.41 Å². The number of nitrogens with one attached hydrogen (secondary N) is 2. The average Bonchev–Trinajstić information content (AvgIpc) is 2.60. The van der Waals surface area contributed by atoms with E-state index >= 15 is 0 Å². The second-order valence-electron chi connectivity index (χ2n) is 7.10. The Labute approximate surface area is 162 Å². The van der Waals surface area contributed by atoms with Gasteiger partial charge in [-0.25, -0.2) is 0 Å². The van der Waals surface area contributed by atoms with Crippen LogP contribution in [0.5, 0.6) is 5.75 Å². The summed E-state index contributed by atoms with van der Waals surface area (Å²) in [4.78, 5) is 1.34. The lowest BCUT2D eigenvalue weighted by Gasteiger charge is -2.45. The van der Waals surface area contributed by atoms with Crippen LogP contribution in [0.15, 0.2) is 48.5 Å². The largest absolute Gasteiger partial charge is 0.573 e. The molecule has 1 fully saturated rings. The Kier molecular flexibility index (Phi) is 5.19. The number of alkyl halides is 3. The van der Waals surface area contributed by atoms with Gasteiger partial charge < -0.3 is 9.64 Å². The molecule has 2 aromatic carbocycles. The number of halogens is 3. The Bertz CT molecular complexity index is 887. The van der Waals surface area contributed by atoms with Crippen molar-refractivity contribution < 1.29 is 17.9 Å². The van der Waals surface area contributed by atoms with E-state index in [1.807, 2.05) is 31.2 Å². The van der Waals surface area contributed by atoms with Gasteiger partial charge in [-0.2, -0.15) is 0 Å². The van der Waals surface area contributed by atoms with Crippen molar-refractivity contribution in [2.24, 2.45) is 0 Å². The number of ether oxygens (including phenoxy) is 1. The van der Waals surface area contributed by atoms with Crippen LogP contribution >= 0.6 is 0 Å². The smallest absolute Gasteiger partial charge is 0.405 e. The van der Waals surface area contributed by atoms with Gasteiger partial charge >= 0.3 is 6.36 Å². The van der Waals surface area contributed by atoms with Crippen molar-refractivity contribution in [3.63, 3.8) is 0 Å². The summed E-state index contributed by atoms with van der Waals surface area (Å²) in [5.41, 5.74) is 1.58. The van der Waals surface area contributed by atoms with Gasteiger partial charge in [-0.3, -0.25) is 10.8 Å². The van der Waals surface area contributed by atoms with Crippen LogP contribution in [0.25, 0.3) is 0 Å². The van der Waals surface area contributed by atoms with Crippen LogP contribution in [0.4, 0.5) is 13.2 Å². The normalized spacial score (nSPS) is 15.5. The lowest BCUT2D eigenvalue weighted by Crippen LogP contribution is -2.51. The van der Waals surface area contributed by atoms with Gasteiger partial charge in [-0.1, -0.05) is 48.4 Å². The summed E-state index contributed by atoms with van der Waals surface area (Å²) in [6.45, 7) is 1.99. The standard InChI is InChI=1S/C21H22F3N3O/c1-14-8-10-15(11-9-14)20(12-5-13-20)19(26)27(2)18(25)16-6-3-4-7-17(16)28-21(22,23)24/h3-4,6-11,25-26H,5,12-13H2,1-2H3. The number of rotatable bonds is 4. The number of benzene rings is 2. The Balaban J connectivity index is 1.89. The fourth-order valence-electron chi connectivity index (χ4n) is 3.55. The molecule has 28 heavy (non-hydrogen) atoms. The van der Waals surface area contributed by atoms with E-state index in [1.165, 1.54) is 23.1 Å². The third kappa shape index (κ3) is 3.74. The SMILES string of the molecule is Cc1ccc(C2(C(=N)N(C)C(=N)c3ccccc3OC(F)(F)F)CCC2)cc1. The number of hydrogen-bond acceptors (Lipinski definition) is 3. The van der Waals surface area contributed by atoms with Crippen molar-refractivity contribution in [3.8, 4) is 5.75 Å². The predicted octanol–water partition coefficient (Wildman–Crippen LogP) is 5.25. The summed E-state index contributed by atoms with van der Waals surface area (Å²) in [5.74, 6) is -0.449. The number of likely N-dealkylation sites (N-methyl/N-ethyl adjacent to an activating group) is 1. The number of hydrogen-bond donors (Lipinski definition) is 2. The summed E-state index contributed by atoms with van der Waals surface area (Å²) in [6.07, 6.45) is -2.34. The van der Waals surface area contributed by atoms with E-state index in [-0.39, 0.29) is 17.2 Å². The maximum Gasteiger partial charge on any atom is 0.573 e. The molecule has 1 saturated carbocycles. The van der Waals surface area contributed by atoms with Gasteiger partial charge in [-0.15, -0.1) is 13.2 Å². The lowest BCUT2D eigenvalue weighted by atomic mass is 9.63. The average molecular weight is 389 g/mol. The highest BCUT2D eigenvalue weighted by atomic mass is 19.4. The fourth-order valence-corrected chi connectivity index (χ4v) is 3.55. The maximum absolute atomic E-state index is 12.7. The van der Waals surface area contributed by atoms with Crippen molar-refractivity contribution in [1.29, 1.82) is 10.8 Å². The summed E-state index contributed by atoms with van der Waals surface area (Å²) < 4.78 is 42.2. The highest BCUT2D eigenvalue weighted by Gasteiger charge is 2.45. The first-order valence-corrected chi connectivity index (χ1v) is 8.98. The van der Waals surface area contributed by atoms with Crippen molar-refractivity contribution in [3.05, 3.63) is 65.2 Å². The molecule has 148 valence electrons. The van der Waals surface area contributed by atoms with Crippen molar-refractivity contribution in [1.82, 2.24) is 4.90 Å². The molecule has 0 saturated heterocycles. The monoisotopic (exact) mass is 389 g/mol. The van der Waals surface area contributed by atoms with Crippen molar-refractivity contribution in [2.75, 3.05) is 7.05 Å². The molecule has 2 N–H and O–H groups in total. The van der Waals surface area contributed by atoms with Gasteiger partial charge in [0.2, 0.25) is 0 Å². The molecule has 0 aromatic heterocycles. The van der Waals surface area contributed by atoms with Gasteiger partial charge in [-0.05, 0) is 37.5 Å². The molecule has 4 nitrogen and oxygen atoms in total. The van der Waals surface area contributed by atoms with Crippen LogP contribution in [0.1, 0.15) is 36.0 Å². The van der Waals surface area contributed by atoms with E-state index in [4.69, 9.17) is 10.8 Å². The van der Waals surface area contributed by atoms with Crippen LogP contribution in [0, 0.1) is 17.7 Å². The van der Waals surface area contributed by atoms with Gasteiger partial charge in [0.1, 0.15) is 17.4 Å². The quantitative estimate of drug-likeness (QED) is 0.554.